The van der Waals surface area contributed by atoms with Crippen LogP contribution in [0.4, 0.5) is 5.69 Å². The molecule has 0 bridgehead atoms. The summed E-state index contributed by atoms with van der Waals surface area (Å²) in [6.45, 7) is 8.21. The van der Waals surface area contributed by atoms with Gasteiger partial charge in [-0.05, 0) is 47.9 Å². The van der Waals surface area contributed by atoms with Crippen LogP contribution >= 0.6 is 0 Å². The van der Waals surface area contributed by atoms with Crippen molar-refractivity contribution in [3.05, 3.63) is 77.9 Å². The maximum absolute atomic E-state index is 12.3. The highest BCUT2D eigenvalue weighted by atomic mass is 16.2. The van der Waals surface area contributed by atoms with Gasteiger partial charge in [-0.2, -0.15) is 0 Å². The number of hydrogen-bond acceptors (Lipinski definition) is 2. The van der Waals surface area contributed by atoms with Gasteiger partial charge < -0.3 is 10.6 Å². The minimum atomic E-state index is -0.203. The summed E-state index contributed by atoms with van der Waals surface area (Å²) in [5.41, 5.74) is 2.98. The molecule has 2 rings (SSSR count). The fourth-order valence-corrected chi connectivity index (χ4v) is 2.19. The Kier molecular flexibility index (Phi) is 5.90. The first kappa shape index (κ1) is 17.5. The van der Waals surface area contributed by atoms with E-state index in [1.54, 1.807) is 30.3 Å². The number of nitrogens with one attached hydrogen (secondary N) is 2. The predicted molar refractivity (Wildman–Crippen MR) is 97.5 cm³/mol. The van der Waals surface area contributed by atoms with Crippen molar-refractivity contribution in [1.29, 1.82) is 0 Å². The average molecular weight is 322 g/mol. The summed E-state index contributed by atoms with van der Waals surface area (Å²) in [5.74, 6) is 0.0611. The second-order valence-corrected chi connectivity index (χ2v) is 5.81. The topological polar surface area (TPSA) is 58.2 Å². The number of rotatable bonds is 6. The maximum atomic E-state index is 12.3. The molecule has 0 aliphatic heterocycles. The third-order valence-electron chi connectivity index (χ3n) is 3.65. The van der Waals surface area contributed by atoms with E-state index in [0.29, 0.717) is 23.6 Å². The molecular weight excluding hydrogens is 300 g/mol. The van der Waals surface area contributed by atoms with E-state index in [1.165, 1.54) is 5.56 Å². The Morgan fingerprint density at radius 1 is 0.958 bits per heavy atom. The van der Waals surface area contributed by atoms with Gasteiger partial charge in [0.1, 0.15) is 0 Å². The van der Waals surface area contributed by atoms with Gasteiger partial charge in [0, 0.05) is 23.4 Å². The molecule has 2 aromatic carbocycles. The van der Waals surface area contributed by atoms with Crippen LogP contribution in [0.3, 0.4) is 0 Å². The van der Waals surface area contributed by atoms with Crippen LogP contribution in [0.15, 0.2) is 61.2 Å². The van der Waals surface area contributed by atoms with E-state index in [2.05, 4.69) is 31.1 Å². The first-order valence-corrected chi connectivity index (χ1v) is 7.91. The number of anilines is 1. The van der Waals surface area contributed by atoms with E-state index in [4.69, 9.17) is 0 Å². The van der Waals surface area contributed by atoms with E-state index in [0.717, 1.165) is 5.69 Å². The molecule has 0 heterocycles. The molecule has 0 saturated heterocycles. The third kappa shape index (κ3) is 4.56. The molecule has 0 atom stereocenters. The Balaban J connectivity index is 2.02. The maximum Gasteiger partial charge on any atom is 0.255 e. The SMILES string of the molecule is C=CCNC(=O)c1ccc(C(=O)Nc2ccc(C(C)C)cc2)cc1. The third-order valence-corrected chi connectivity index (χ3v) is 3.65. The van der Waals surface area contributed by atoms with Crippen molar-refractivity contribution in [3.63, 3.8) is 0 Å². The second-order valence-electron chi connectivity index (χ2n) is 5.81. The van der Waals surface area contributed by atoms with Gasteiger partial charge in [0.25, 0.3) is 11.8 Å². The lowest BCUT2D eigenvalue weighted by Gasteiger charge is -2.09. The van der Waals surface area contributed by atoms with Crippen molar-refractivity contribution in [3.8, 4) is 0 Å². The van der Waals surface area contributed by atoms with Crippen molar-refractivity contribution in [2.24, 2.45) is 0 Å². The van der Waals surface area contributed by atoms with E-state index < -0.39 is 0 Å². The van der Waals surface area contributed by atoms with E-state index >= 15 is 0 Å². The standard InChI is InChI=1S/C20H22N2O2/c1-4-13-21-19(23)16-5-7-17(8-6-16)20(24)22-18-11-9-15(10-12-18)14(2)3/h4-12,14H,1,13H2,2-3H3,(H,21,23)(H,22,24). The van der Waals surface area contributed by atoms with Crippen LogP contribution in [-0.2, 0) is 0 Å². The zero-order valence-electron chi connectivity index (χ0n) is 14.0. The predicted octanol–water partition coefficient (Wildman–Crippen LogP) is 3.98. The van der Waals surface area contributed by atoms with E-state index in [1.807, 2.05) is 24.3 Å². The van der Waals surface area contributed by atoms with Crippen LogP contribution in [0.25, 0.3) is 0 Å². The van der Waals surface area contributed by atoms with Crippen molar-refractivity contribution in [2.75, 3.05) is 11.9 Å². The quantitative estimate of drug-likeness (QED) is 0.790. The van der Waals surface area contributed by atoms with Crippen molar-refractivity contribution in [2.45, 2.75) is 19.8 Å². The highest BCUT2D eigenvalue weighted by molar-refractivity contribution is 6.05. The number of carbonyl (C=O) groups excluding carboxylic acids is 2. The van der Waals surface area contributed by atoms with Crippen LogP contribution in [0, 0.1) is 0 Å². The summed E-state index contributed by atoms with van der Waals surface area (Å²) in [4.78, 5) is 24.1. The van der Waals surface area contributed by atoms with Crippen molar-refractivity contribution < 1.29 is 9.59 Å². The van der Waals surface area contributed by atoms with Crippen LogP contribution < -0.4 is 10.6 Å². The highest BCUT2D eigenvalue weighted by Gasteiger charge is 2.09. The summed E-state index contributed by atoms with van der Waals surface area (Å²) in [5, 5.41) is 5.55. The number of carbonyl (C=O) groups is 2. The van der Waals surface area contributed by atoms with Crippen molar-refractivity contribution >= 4 is 17.5 Å². The fraction of sp³-hybridized carbons (Fsp3) is 0.200. The van der Waals surface area contributed by atoms with Gasteiger partial charge in [-0.15, -0.1) is 6.58 Å². The first-order chi connectivity index (χ1) is 11.5. The largest absolute Gasteiger partial charge is 0.349 e. The van der Waals surface area contributed by atoms with Gasteiger partial charge in [0.15, 0.2) is 0 Å². The molecule has 0 unspecified atom stereocenters. The summed E-state index contributed by atoms with van der Waals surface area (Å²) >= 11 is 0. The van der Waals surface area contributed by atoms with Crippen LogP contribution in [0.5, 0.6) is 0 Å². The molecule has 2 N–H and O–H groups in total. The molecule has 4 nitrogen and oxygen atoms in total. The second kappa shape index (κ2) is 8.11. The molecule has 0 spiro atoms. The molecule has 2 amide bonds. The molecule has 0 aromatic heterocycles. The minimum absolute atomic E-state index is 0.189. The Bertz CT molecular complexity index is 716. The van der Waals surface area contributed by atoms with Crippen LogP contribution in [0.2, 0.25) is 0 Å². The molecule has 0 fully saturated rings. The van der Waals surface area contributed by atoms with E-state index in [9.17, 15) is 9.59 Å². The normalized spacial score (nSPS) is 10.3. The molecule has 124 valence electrons. The Morgan fingerprint density at radius 3 is 2.00 bits per heavy atom. The zero-order chi connectivity index (χ0) is 17.5. The Hall–Kier alpha value is -2.88. The molecule has 0 aliphatic carbocycles. The molecule has 24 heavy (non-hydrogen) atoms. The van der Waals surface area contributed by atoms with Gasteiger partial charge >= 0.3 is 0 Å². The molecule has 4 heteroatoms. The molecular formula is C20H22N2O2. The Morgan fingerprint density at radius 2 is 1.50 bits per heavy atom. The number of amides is 2. The average Bonchev–Trinajstić information content (AvgIpc) is 2.60. The molecule has 0 radical (unpaired) electrons. The van der Waals surface area contributed by atoms with Crippen LogP contribution in [0.1, 0.15) is 46.0 Å². The van der Waals surface area contributed by atoms with Crippen LogP contribution in [-0.4, -0.2) is 18.4 Å². The monoisotopic (exact) mass is 322 g/mol. The number of hydrogen-bond donors (Lipinski definition) is 2. The minimum Gasteiger partial charge on any atom is -0.349 e. The molecule has 0 aliphatic rings. The number of benzene rings is 2. The summed E-state index contributed by atoms with van der Waals surface area (Å²) in [7, 11) is 0. The van der Waals surface area contributed by atoms with Gasteiger partial charge in [-0.1, -0.05) is 32.1 Å². The van der Waals surface area contributed by atoms with Gasteiger partial charge in [-0.3, -0.25) is 9.59 Å². The Labute approximate surface area is 142 Å². The molecule has 0 saturated carbocycles. The fourth-order valence-electron chi connectivity index (χ4n) is 2.19. The van der Waals surface area contributed by atoms with Gasteiger partial charge in [0.05, 0.1) is 0 Å². The highest BCUT2D eigenvalue weighted by Crippen LogP contribution is 2.17. The van der Waals surface area contributed by atoms with Gasteiger partial charge in [0.2, 0.25) is 0 Å². The lowest BCUT2D eigenvalue weighted by molar-refractivity contribution is 0.0956. The van der Waals surface area contributed by atoms with E-state index in [-0.39, 0.29) is 11.8 Å². The summed E-state index contributed by atoms with van der Waals surface area (Å²) in [6, 6.07) is 14.3. The summed E-state index contributed by atoms with van der Waals surface area (Å²) < 4.78 is 0. The lowest BCUT2D eigenvalue weighted by Crippen LogP contribution is -2.23. The zero-order valence-corrected chi connectivity index (χ0v) is 14.0. The summed E-state index contributed by atoms with van der Waals surface area (Å²) in [6.07, 6.45) is 1.62. The smallest absolute Gasteiger partial charge is 0.255 e. The van der Waals surface area contributed by atoms with Gasteiger partial charge in [-0.25, -0.2) is 0 Å². The lowest BCUT2D eigenvalue weighted by atomic mass is 10.0. The first-order valence-electron chi connectivity index (χ1n) is 7.91. The molecule has 2 aromatic rings. The van der Waals surface area contributed by atoms with Crippen molar-refractivity contribution in [1.82, 2.24) is 5.32 Å².